The van der Waals surface area contributed by atoms with Crippen LogP contribution in [-0.2, 0) is 20.0 Å². The van der Waals surface area contributed by atoms with Crippen LogP contribution >= 0.6 is 46.4 Å². The summed E-state index contributed by atoms with van der Waals surface area (Å²) in [5.41, 5.74) is 0.144. The van der Waals surface area contributed by atoms with Gasteiger partial charge < -0.3 is 14.2 Å². The zero-order valence-electron chi connectivity index (χ0n) is 21.7. The summed E-state index contributed by atoms with van der Waals surface area (Å²) >= 11 is 23.5. The first-order valence-electron chi connectivity index (χ1n) is 11.1. The van der Waals surface area contributed by atoms with Gasteiger partial charge in [-0.05, 0) is 24.3 Å². The van der Waals surface area contributed by atoms with Crippen LogP contribution in [0.15, 0.2) is 64.9 Å². The topological polar surface area (TPSA) is 172 Å². The number of nitrogens with zero attached hydrogens (tertiary/aromatic N) is 4. The van der Waals surface area contributed by atoms with Crippen molar-refractivity contribution in [2.45, 2.75) is 9.79 Å². The predicted molar refractivity (Wildman–Crippen MR) is 158 cm³/mol. The Morgan fingerprint density at radius 3 is 1.64 bits per heavy atom. The van der Waals surface area contributed by atoms with Crippen LogP contribution in [0.25, 0.3) is 0 Å². The van der Waals surface area contributed by atoms with Crippen molar-refractivity contribution in [1.82, 2.24) is 19.9 Å². The van der Waals surface area contributed by atoms with Gasteiger partial charge in [-0.2, -0.15) is 9.97 Å². The van der Waals surface area contributed by atoms with Gasteiger partial charge in [0.15, 0.2) is 0 Å². The summed E-state index contributed by atoms with van der Waals surface area (Å²) in [7, 11) is -3.83. The van der Waals surface area contributed by atoms with Crippen molar-refractivity contribution >= 4 is 77.8 Å². The monoisotopic (exact) mass is 696 g/mol. The second-order valence-electron chi connectivity index (χ2n) is 7.54. The lowest BCUT2D eigenvalue weighted by atomic mass is 10.4. The van der Waals surface area contributed by atoms with Crippen LogP contribution in [0, 0.1) is 0 Å². The first-order valence-corrected chi connectivity index (χ1v) is 15.5. The number of hydrogen-bond acceptors (Lipinski definition) is 11. The van der Waals surface area contributed by atoms with E-state index < -0.39 is 20.0 Å². The van der Waals surface area contributed by atoms with Gasteiger partial charge in [-0.1, -0.05) is 58.5 Å². The Kier molecular flexibility index (Phi) is 11.2. The molecule has 0 amide bonds. The van der Waals surface area contributed by atoms with Gasteiger partial charge in [0.2, 0.25) is 11.8 Å². The molecule has 4 rings (SSSR count). The van der Waals surface area contributed by atoms with Gasteiger partial charge in [-0.15, -0.1) is 0 Å². The number of anilines is 2. The summed E-state index contributed by atoms with van der Waals surface area (Å²) < 4.78 is 68.7. The molecule has 2 N–H and O–H groups in total. The maximum atomic E-state index is 12.4. The van der Waals surface area contributed by atoms with Crippen molar-refractivity contribution in [1.29, 1.82) is 0 Å². The summed E-state index contributed by atoms with van der Waals surface area (Å²) in [6, 6.07) is 8.65. The highest BCUT2D eigenvalue weighted by Gasteiger charge is 2.23. The molecule has 0 atom stereocenters. The number of hydrogen-bond donors (Lipinski definition) is 2. The molecule has 0 saturated heterocycles. The van der Waals surface area contributed by atoms with Crippen molar-refractivity contribution in [2.75, 3.05) is 30.8 Å². The van der Waals surface area contributed by atoms with Gasteiger partial charge in [0.1, 0.15) is 27.5 Å². The molecule has 0 aliphatic heterocycles. The average molecular weight is 698 g/mol. The zero-order chi connectivity index (χ0) is 31.1. The van der Waals surface area contributed by atoms with E-state index in [4.69, 9.17) is 60.6 Å². The molecule has 0 saturated carbocycles. The number of aromatic nitrogens is 4. The third-order valence-corrected chi connectivity index (χ3v) is 9.55. The van der Waals surface area contributed by atoms with E-state index in [1.807, 2.05) is 0 Å². The molecule has 0 radical (unpaired) electrons. The molecule has 19 heteroatoms. The predicted octanol–water partition coefficient (Wildman–Crippen LogP) is 5.19. The van der Waals surface area contributed by atoms with Crippen LogP contribution in [0.4, 0.5) is 11.4 Å². The van der Waals surface area contributed by atoms with Gasteiger partial charge in [0.25, 0.3) is 20.0 Å². The molecule has 0 aliphatic carbocycles. The molecule has 0 unspecified atom stereocenters. The van der Waals surface area contributed by atoms with E-state index in [2.05, 4.69) is 29.4 Å². The van der Waals surface area contributed by atoms with E-state index >= 15 is 0 Å². The lowest BCUT2D eigenvalue weighted by Crippen LogP contribution is -2.15. The second-order valence-corrected chi connectivity index (χ2v) is 12.4. The fourth-order valence-corrected chi connectivity index (χ4v) is 6.62. The van der Waals surface area contributed by atoms with Crippen molar-refractivity contribution in [3.05, 3.63) is 75.2 Å². The number of rotatable bonds is 9. The molecule has 2 aromatic heterocycles. The van der Waals surface area contributed by atoms with E-state index in [0.717, 1.165) is 0 Å². The Morgan fingerprint density at radius 1 is 0.667 bits per heavy atom. The molecule has 0 fully saturated rings. The van der Waals surface area contributed by atoms with Gasteiger partial charge in [0, 0.05) is 0 Å². The first kappa shape index (κ1) is 33.2. The fraction of sp³-hybridized carbons (Fsp3) is 0.130. The van der Waals surface area contributed by atoms with Gasteiger partial charge in [-0.25, -0.2) is 26.8 Å². The molecule has 0 bridgehead atoms. The van der Waals surface area contributed by atoms with Gasteiger partial charge >= 0.3 is 6.01 Å². The van der Waals surface area contributed by atoms with E-state index in [-0.39, 0.29) is 59.0 Å². The largest absolute Gasteiger partial charge is 0.479 e. The number of ether oxygens (including phenoxy) is 3. The molecule has 224 valence electrons. The Balaban J connectivity index is 0.000000231. The fourth-order valence-electron chi connectivity index (χ4n) is 3.01. The van der Waals surface area contributed by atoms with Crippen LogP contribution in [-0.4, -0.2) is 58.1 Å². The average Bonchev–Trinajstić information content (AvgIpc) is 2.96. The molecule has 2 aromatic carbocycles. The Hall–Kier alpha value is -3.34. The van der Waals surface area contributed by atoms with Gasteiger partial charge in [0.05, 0.1) is 53.8 Å². The summed E-state index contributed by atoms with van der Waals surface area (Å²) in [6.45, 7) is 0. The van der Waals surface area contributed by atoms with E-state index in [1.54, 1.807) is 0 Å². The standard InChI is InChI=1S/C12H11Cl2N3O4S.C11H9Cl2N3O3S/c1-20-11-8(6-15-12(16-11)21-2)17-22(18,19)9-5-3-4-7(13)10(9)14;1-19-11-8(5-14-6-15-11)16-20(17,18)9-4-2-3-7(12)10(9)13/h3-6,17H,1-2H3;2-6,16H,1H3. The maximum Gasteiger partial charge on any atom is 0.319 e. The lowest BCUT2D eigenvalue weighted by molar-refractivity contribution is 0.353. The normalized spacial score (nSPS) is 11.1. The highest BCUT2D eigenvalue weighted by atomic mass is 35.5. The smallest absolute Gasteiger partial charge is 0.319 e. The van der Waals surface area contributed by atoms with E-state index in [9.17, 15) is 16.8 Å². The molecule has 13 nitrogen and oxygen atoms in total. The van der Waals surface area contributed by atoms with Crippen LogP contribution in [0.3, 0.4) is 0 Å². The third kappa shape index (κ3) is 7.93. The SMILES string of the molecule is COc1ncc(NS(=O)(=O)c2cccc(Cl)c2Cl)c(OC)n1.COc1ncncc1NS(=O)(=O)c1cccc(Cl)c1Cl. The molecular weight excluding hydrogens is 678 g/mol. The highest BCUT2D eigenvalue weighted by Crippen LogP contribution is 2.33. The number of benzene rings is 2. The molecule has 4 aromatic rings. The quantitative estimate of drug-likeness (QED) is 0.236. The minimum absolute atomic E-state index is 0.00794. The summed E-state index contributed by atoms with van der Waals surface area (Å²) in [4.78, 5) is 14.9. The summed E-state index contributed by atoms with van der Waals surface area (Å²) in [5, 5.41) is 0.135. The Bertz CT molecular complexity index is 1800. The second kappa shape index (κ2) is 14.2. The first-order chi connectivity index (χ1) is 19.8. The van der Waals surface area contributed by atoms with Crippen molar-refractivity contribution in [3.8, 4) is 17.8 Å². The van der Waals surface area contributed by atoms with E-state index in [0.29, 0.717) is 0 Å². The van der Waals surface area contributed by atoms with Crippen molar-refractivity contribution in [3.63, 3.8) is 0 Å². The molecule has 0 spiro atoms. The summed E-state index contributed by atoms with van der Waals surface area (Å²) in [6.07, 6.45) is 3.74. The van der Waals surface area contributed by atoms with Gasteiger partial charge in [-0.3, -0.25) is 9.44 Å². The van der Waals surface area contributed by atoms with Crippen LogP contribution in [0.2, 0.25) is 20.1 Å². The third-order valence-electron chi connectivity index (χ3n) is 4.88. The number of nitrogens with one attached hydrogen (secondary N) is 2. The van der Waals surface area contributed by atoms with Crippen LogP contribution in [0.5, 0.6) is 17.8 Å². The minimum atomic E-state index is -3.99. The molecule has 42 heavy (non-hydrogen) atoms. The minimum Gasteiger partial charge on any atom is -0.479 e. The molecule has 0 aliphatic rings. The Morgan fingerprint density at radius 2 is 1.17 bits per heavy atom. The van der Waals surface area contributed by atoms with Crippen LogP contribution in [0.1, 0.15) is 0 Å². The van der Waals surface area contributed by atoms with Crippen molar-refractivity contribution < 1.29 is 31.0 Å². The number of halogens is 4. The zero-order valence-corrected chi connectivity index (χ0v) is 26.3. The number of methoxy groups -OCH3 is 3. The molecule has 2 heterocycles. The summed E-state index contributed by atoms with van der Waals surface area (Å²) in [5.74, 6) is 0.107. The lowest BCUT2D eigenvalue weighted by Gasteiger charge is -2.12. The maximum absolute atomic E-state index is 12.4. The highest BCUT2D eigenvalue weighted by molar-refractivity contribution is 7.93. The number of sulfonamides is 2. The van der Waals surface area contributed by atoms with Crippen molar-refractivity contribution in [2.24, 2.45) is 0 Å². The molecular formula is C23H20Cl4N6O7S2. The van der Waals surface area contributed by atoms with E-state index in [1.165, 1.54) is 76.4 Å². The van der Waals surface area contributed by atoms with Crippen LogP contribution < -0.4 is 23.7 Å². The Labute approximate surface area is 261 Å².